The first-order chi connectivity index (χ1) is 8.97. The van der Waals surface area contributed by atoms with Crippen LogP contribution in [0.5, 0.6) is 0 Å². The number of carboxylic acids is 2. The smallest absolute Gasteiger partial charge is 0.338 e. The van der Waals surface area contributed by atoms with Crippen LogP contribution in [0.25, 0.3) is 0 Å². The van der Waals surface area contributed by atoms with E-state index >= 15 is 0 Å². The Morgan fingerprint density at radius 2 is 1.58 bits per heavy atom. The van der Waals surface area contributed by atoms with Crippen LogP contribution in [0.4, 0.5) is 0 Å². The van der Waals surface area contributed by atoms with E-state index in [1.807, 2.05) is 0 Å². The van der Waals surface area contributed by atoms with Gasteiger partial charge in [-0.2, -0.15) is 0 Å². The number of aromatic carboxylic acids is 2. The Morgan fingerprint density at radius 1 is 1.11 bits per heavy atom. The second-order valence-corrected chi connectivity index (χ2v) is 3.96. The number of carboxylic acid groups (broad SMARTS) is 2. The van der Waals surface area contributed by atoms with Gasteiger partial charge in [-0.3, -0.25) is 0 Å². The van der Waals surface area contributed by atoms with Gasteiger partial charge in [0.2, 0.25) is 0 Å². The summed E-state index contributed by atoms with van der Waals surface area (Å²) < 4.78 is 9.72. The fourth-order valence-corrected chi connectivity index (χ4v) is 1.41. The highest BCUT2D eigenvalue weighted by Gasteiger charge is 2.25. The average molecular weight is 266 g/mol. The first-order valence-electron chi connectivity index (χ1n) is 5.38. The summed E-state index contributed by atoms with van der Waals surface area (Å²) in [6.45, 7) is 0.585. The minimum absolute atomic E-state index is 0.0680. The summed E-state index contributed by atoms with van der Waals surface area (Å²) in [5, 5.41) is 17.7. The molecule has 1 aliphatic heterocycles. The molecule has 1 unspecified atom stereocenters. The van der Waals surface area contributed by atoms with Gasteiger partial charge in [-0.1, -0.05) is 0 Å². The molecule has 7 heteroatoms. The van der Waals surface area contributed by atoms with E-state index in [2.05, 4.69) is 0 Å². The number of rotatable bonds is 5. The number of epoxide rings is 1. The number of carbonyl (C=O) groups is 3. The lowest BCUT2D eigenvalue weighted by atomic mass is 10.1. The lowest BCUT2D eigenvalue weighted by Crippen LogP contribution is -2.12. The number of benzene rings is 1. The van der Waals surface area contributed by atoms with Crippen molar-refractivity contribution in [2.45, 2.75) is 6.10 Å². The molecule has 19 heavy (non-hydrogen) atoms. The quantitative estimate of drug-likeness (QED) is 0.593. The molecule has 0 spiro atoms. The number of carbonyl (C=O) groups excluding carboxylic acids is 1. The van der Waals surface area contributed by atoms with Crippen LogP contribution in [-0.2, 0) is 9.47 Å². The zero-order valence-corrected chi connectivity index (χ0v) is 9.66. The van der Waals surface area contributed by atoms with Gasteiger partial charge < -0.3 is 19.7 Å². The molecule has 0 saturated carbocycles. The third kappa shape index (κ3) is 3.29. The molecule has 1 aliphatic rings. The molecule has 1 fully saturated rings. The third-order valence-electron chi connectivity index (χ3n) is 2.47. The van der Waals surface area contributed by atoms with Gasteiger partial charge in [0.05, 0.1) is 23.3 Å². The molecule has 100 valence electrons. The molecule has 0 bridgehead atoms. The molecular formula is C12H10O7. The van der Waals surface area contributed by atoms with Crippen molar-refractivity contribution in [1.82, 2.24) is 0 Å². The van der Waals surface area contributed by atoms with Crippen molar-refractivity contribution in [1.29, 1.82) is 0 Å². The van der Waals surface area contributed by atoms with E-state index in [1.54, 1.807) is 0 Å². The maximum absolute atomic E-state index is 11.7. The van der Waals surface area contributed by atoms with Crippen LogP contribution in [0, 0.1) is 0 Å². The van der Waals surface area contributed by atoms with Crippen LogP contribution in [-0.4, -0.2) is 47.4 Å². The predicted molar refractivity (Wildman–Crippen MR) is 60.4 cm³/mol. The van der Waals surface area contributed by atoms with E-state index in [9.17, 15) is 14.4 Å². The molecule has 1 atom stereocenters. The van der Waals surface area contributed by atoms with E-state index < -0.39 is 17.9 Å². The van der Waals surface area contributed by atoms with Gasteiger partial charge in [0.1, 0.15) is 12.7 Å². The van der Waals surface area contributed by atoms with Crippen molar-refractivity contribution in [3.05, 3.63) is 34.9 Å². The van der Waals surface area contributed by atoms with E-state index in [0.717, 1.165) is 18.2 Å². The monoisotopic (exact) mass is 266 g/mol. The summed E-state index contributed by atoms with van der Waals surface area (Å²) in [6.07, 6.45) is -0.120. The Kier molecular flexibility index (Phi) is 3.48. The van der Waals surface area contributed by atoms with Crippen LogP contribution in [0.15, 0.2) is 18.2 Å². The minimum atomic E-state index is -1.32. The highest BCUT2D eigenvalue weighted by molar-refractivity contribution is 5.99. The van der Waals surface area contributed by atoms with Gasteiger partial charge in [0.15, 0.2) is 0 Å². The first kappa shape index (κ1) is 13.0. The fraction of sp³-hybridized carbons (Fsp3) is 0.250. The van der Waals surface area contributed by atoms with Crippen LogP contribution >= 0.6 is 0 Å². The van der Waals surface area contributed by atoms with E-state index in [4.69, 9.17) is 19.7 Å². The average Bonchev–Trinajstić information content (AvgIpc) is 3.19. The Balaban J connectivity index is 2.23. The summed E-state index contributed by atoms with van der Waals surface area (Å²) in [7, 11) is 0. The minimum Gasteiger partial charge on any atom is -0.478 e. The lowest BCUT2D eigenvalue weighted by Gasteiger charge is -2.05. The lowest BCUT2D eigenvalue weighted by molar-refractivity contribution is 0.0476. The molecule has 0 aliphatic carbocycles. The van der Waals surface area contributed by atoms with Gasteiger partial charge >= 0.3 is 17.9 Å². The highest BCUT2D eigenvalue weighted by atomic mass is 16.6. The van der Waals surface area contributed by atoms with E-state index in [-0.39, 0.29) is 29.4 Å². The van der Waals surface area contributed by atoms with Gasteiger partial charge in [0, 0.05) is 0 Å². The molecule has 2 N–H and O–H groups in total. The van der Waals surface area contributed by atoms with Crippen LogP contribution in [0.2, 0.25) is 0 Å². The standard InChI is InChI=1S/C12H10O7/c13-10(14)6-1-7(11(15)16)3-8(2-6)12(17)19-5-9-4-18-9/h1-3,9H,4-5H2,(H,13,14)(H,15,16). The maximum atomic E-state index is 11.7. The summed E-state index contributed by atoms with van der Waals surface area (Å²) in [5.74, 6) is -3.41. The van der Waals surface area contributed by atoms with Crippen LogP contribution in [0.3, 0.4) is 0 Å². The second-order valence-electron chi connectivity index (χ2n) is 3.96. The normalized spacial score (nSPS) is 16.7. The van der Waals surface area contributed by atoms with Crippen molar-refractivity contribution in [2.24, 2.45) is 0 Å². The van der Waals surface area contributed by atoms with Crippen molar-refractivity contribution in [3.8, 4) is 0 Å². The van der Waals surface area contributed by atoms with Gasteiger partial charge in [-0.25, -0.2) is 14.4 Å². The van der Waals surface area contributed by atoms with Crippen molar-refractivity contribution < 1.29 is 34.1 Å². The van der Waals surface area contributed by atoms with Crippen LogP contribution < -0.4 is 0 Å². The Labute approximate surface area is 107 Å². The number of ether oxygens (including phenoxy) is 2. The fourth-order valence-electron chi connectivity index (χ4n) is 1.41. The summed E-state index contributed by atoms with van der Waals surface area (Å²) in [5.41, 5.74) is -0.679. The number of esters is 1. The van der Waals surface area contributed by atoms with E-state index in [0.29, 0.717) is 6.61 Å². The Morgan fingerprint density at radius 3 is 2.00 bits per heavy atom. The Hall–Kier alpha value is -2.41. The molecule has 0 amide bonds. The van der Waals surface area contributed by atoms with Gasteiger partial charge in [-0.15, -0.1) is 0 Å². The second kappa shape index (κ2) is 5.07. The number of hydrogen-bond acceptors (Lipinski definition) is 5. The molecule has 0 radical (unpaired) electrons. The molecule has 7 nitrogen and oxygen atoms in total. The molecular weight excluding hydrogens is 256 g/mol. The van der Waals surface area contributed by atoms with Crippen molar-refractivity contribution >= 4 is 17.9 Å². The summed E-state index contributed by atoms with van der Waals surface area (Å²) in [4.78, 5) is 33.4. The molecule has 1 aromatic carbocycles. The highest BCUT2D eigenvalue weighted by Crippen LogP contribution is 2.14. The summed E-state index contributed by atoms with van der Waals surface area (Å²) >= 11 is 0. The summed E-state index contributed by atoms with van der Waals surface area (Å²) in [6, 6.07) is 3.13. The van der Waals surface area contributed by atoms with Gasteiger partial charge in [-0.05, 0) is 18.2 Å². The molecule has 1 aromatic rings. The topological polar surface area (TPSA) is 113 Å². The van der Waals surface area contributed by atoms with Gasteiger partial charge in [0.25, 0.3) is 0 Å². The predicted octanol–water partition coefficient (Wildman–Crippen LogP) is 0.639. The number of hydrogen-bond donors (Lipinski definition) is 2. The van der Waals surface area contributed by atoms with Crippen molar-refractivity contribution in [3.63, 3.8) is 0 Å². The van der Waals surface area contributed by atoms with Crippen molar-refractivity contribution in [2.75, 3.05) is 13.2 Å². The zero-order valence-electron chi connectivity index (χ0n) is 9.66. The third-order valence-corrected chi connectivity index (χ3v) is 2.47. The zero-order chi connectivity index (χ0) is 14.0. The first-order valence-corrected chi connectivity index (χ1v) is 5.38. The maximum Gasteiger partial charge on any atom is 0.338 e. The largest absolute Gasteiger partial charge is 0.478 e. The SMILES string of the molecule is O=C(O)c1cc(C(=O)O)cc(C(=O)OCC2CO2)c1. The molecule has 0 aromatic heterocycles. The van der Waals surface area contributed by atoms with Crippen LogP contribution in [0.1, 0.15) is 31.1 Å². The molecule has 1 heterocycles. The van der Waals surface area contributed by atoms with E-state index in [1.165, 1.54) is 0 Å². The Bertz CT molecular complexity index is 513. The molecule has 1 saturated heterocycles. The molecule has 2 rings (SSSR count).